The van der Waals surface area contributed by atoms with Crippen molar-refractivity contribution >= 4 is 18.2 Å². The molecule has 0 aliphatic rings. The second-order valence-corrected chi connectivity index (χ2v) is 4.95. The quantitative estimate of drug-likeness (QED) is 0.504. The predicted molar refractivity (Wildman–Crippen MR) is 93.6 cm³/mol. The number of benzene rings is 2. The van der Waals surface area contributed by atoms with E-state index in [9.17, 15) is 4.79 Å². The number of hydrogen-bond donors (Lipinski definition) is 1. The molecule has 0 heterocycles. The summed E-state index contributed by atoms with van der Waals surface area (Å²) in [4.78, 5) is 11.7. The molecule has 0 aliphatic carbocycles. The van der Waals surface area contributed by atoms with E-state index >= 15 is 0 Å². The number of carbonyl (C=O) groups is 1. The van der Waals surface area contributed by atoms with Gasteiger partial charge in [0, 0.05) is 11.6 Å². The van der Waals surface area contributed by atoms with Gasteiger partial charge >= 0.3 is 0 Å². The highest BCUT2D eigenvalue weighted by Crippen LogP contribution is 2.15. The van der Waals surface area contributed by atoms with Crippen LogP contribution in [0, 0.1) is 6.92 Å². The van der Waals surface area contributed by atoms with Crippen LogP contribution in [0.3, 0.4) is 0 Å². The van der Waals surface area contributed by atoms with Gasteiger partial charge in [0.05, 0.1) is 12.8 Å². The molecular weight excluding hydrogens is 288 g/mol. The Hall–Kier alpha value is -2.88. The van der Waals surface area contributed by atoms with E-state index in [0.717, 1.165) is 16.9 Å². The highest BCUT2D eigenvalue weighted by atomic mass is 16.5. The molecular formula is C19H20N2O2. The van der Waals surface area contributed by atoms with E-state index in [1.165, 1.54) is 11.6 Å². The van der Waals surface area contributed by atoms with Gasteiger partial charge < -0.3 is 4.74 Å². The fourth-order valence-electron chi connectivity index (χ4n) is 1.93. The highest BCUT2D eigenvalue weighted by Gasteiger charge is 1.99. The summed E-state index contributed by atoms with van der Waals surface area (Å²) >= 11 is 0. The van der Waals surface area contributed by atoms with Crippen LogP contribution in [0.25, 0.3) is 6.08 Å². The lowest BCUT2D eigenvalue weighted by molar-refractivity contribution is -0.116. The molecule has 0 bridgehead atoms. The van der Waals surface area contributed by atoms with E-state index in [1.54, 1.807) is 12.3 Å². The molecule has 0 spiro atoms. The molecule has 0 saturated heterocycles. The number of nitrogens with one attached hydrogen (secondary N) is 1. The van der Waals surface area contributed by atoms with Crippen LogP contribution in [0.15, 0.2) is 59.7 Å². The predicted octanol–water partition coefficient (Wildman–Crippen LogP) is 3.56. The Balaban J connectivity index is 1.92. The minimum Gasteiger partial charge on any atom is -0.493 e. The number of para-hydroxylation sites is 1. The Morgan fingerprint density at radius 3 is 2.65 bits per heavy atom. The van der Waals surface area contributed by atoms with Gasteiger partial charge in [0.15, 0.2) is 0 Å². The Morgan fingerprint density at radius 1 is 1.17 bits per heavy atom. The fourth-order valence-corrected chi connectivity index (χ4v) is 1.93. The van der Waals surface area contributed by atoms with Crippen molar-refractivity contribution in [3.63, 3.8) is 0 Å². The topological polar surface area (TPSA) is 50.7 Å². The van der Waals surface area contributed by atoms with Crippen molar-refractivity contribution in [2.24, 2.45) is 5.10 Å². The van der Waals surface area contributed by atoms with Crippen LogP contribution in [0.5, 0.6) is 5.75 Å². The highest BCUT2D eigenvalue weighted by molar-refractivity contribution is 5.92. The molecule has 0 radical (unpaired) electrons. The second-order valence-electron chi connectivity index (χ2n) is 4.95. The van der Waals surface area contributed by atoms with Crippen LogP contribution in [0.4, 0.5) is 0 Å². The van der Waals surface area contributed by atoms with Gasteiger partial charge in [0.25, 0.3) is 5.91 Å². The molecule has 0 atom stereocenters. The van der Waals surface area contributed by atoms with Gasteiger partial charge in [-0.3, -0.25) is 4.79 Å². The molecule has 2 aromatic carbocycles. The number of hydrogen-bond acceptors (Lipinski definition) is 3. The zero-order valence-corrected chi connectivity index (χ0v) is 13.3. The summed E-state index contributed by atoms with van der Waals surface area (Å²) in [5, 5.41) is 3.96. The third-order valence-corrected chi connectivity index (χ3v) is 3.10. The Morgan fingerprint density at radius 2 is 1.91 bits per heavy atom. The summed E-state index contributed by atoms with van der Waals surface area (Å²) in [5.41, 5.74) is 5.44. The Labute approximate surface area is 136 Å². The number of ether oxygens (including phenoxy) is 1. The summed E-state index contributed by atoms with van der Waals surface area (Å²) in [6, 6.07) is 15.4. The SMILES string of the molecule is CCOc1ccccc1/C=N\NC(=O)/C=C/c1ccc(C)cc1. The summed E-state index contributed by atoms with van der Waals surface area (Å²) in [7, 11) is 0. The van der Waals surface area contributed by atoms with Crippen molar-refractivity contribution < 1.29 is 9.53 Å². The first kappa shape index (κ1) is 16.5. The average Bonchev–Trinajstić information content (AvgIpc) is 2.56. The number of carbonyl (C=O) groups excluding carboxylic acids is 1. The standard InChI is InChI=1S/C19H20N2O2/c1-3-23-18-7-5-4-6-17(18)14-20-21-19(22)13-12-16-10-8-15(2)9-11-16/h4-14H,3H2,1-2H3,(H,21,22)/b13-12+,20-14-. The minimum absolute atomic E-state index is 0.282. The number of aryl methyl sites for hydroxylation is 1. The van der Waals surface area contributed by atoms with E-state index in [2.05, 4.69) is 10.5 Å². The van der Waals surface area contributed by atoms with E-state index in [4.69, 9.17) is 4.74 Å². The molecule has 23 heavy (non-hydrogen) atoms. The van der Waals surface area contributed by atoms with Gasteiger partial charge in [0.2, 0.25) is 0 Å². The summed E-state index contributed by atoms with van der Waals surface area (Å²) in [5.74, 6) is 0.457. The molecule has 4 nitrogen and oxygen atoms in total. The fraction of sp³-hybridized carbons (Fsp3) is 0.158. The minimum atomic E-state index is -0.282. The maximum absolute atomic E-state index is 11.7. The van der Waals surface area contributed by atoms with Gasteiger partial charge in [-0.1, -0.05) is 42.0 Å². The van der Waals surface area contributed by atoms with Crippen molar-refractivity contribution in [2.75, 3.05) is 6.61 Å². The maximum Gasteiger partial charge on any atom is 0.264 e. The molecule has 0 saturated carbocycles. The summed E-state index contributed by atoms with van der Waals surface area (Å²) < 4.78 is 5.49. The van der Waals surface area contributed by atoms with E-state index in [1.807, 2.05) is 62.4 Å². The number of hydrazone groups is 1. The van der Waals surface area contributed by atoms with Crippen LogP contribution >= 0.6 is 0 Å². The van der Waals surface area contributed by atoms with Gasteiger partial charge in [-0.05, 0) is 37.6 Å². The first-order chi connectivity index (χ1) is 11.2. The lowest BCUT2D eigenvalue weighted by atomic mass is 10.1. The molecule has 1 amide bonds. The monoisotopic (exact) mass is 308 g/mol. The average molecular weight is 308 g/mol. The Kier molecular flexibility index (Phi) is 6.12. The van der Waals surface area contributed by atoms with Crippen LogP contribution in [-0.2, 0) is 4.79 Å². The first-order valence-electron chi connectivity index (χ1n) is 7.48. The van der Waals surface area contributed by atoms with Gasteiger partial charge in [-0.2, -0.15) is 5.10 Å². The van der Waals surface area contributed by atoms with E-state index in [-0.39, 0.29) is 5.91 Å². The normalized spacial score (nSPS) is 11.0. The van der Waals surface area contributed by atoms with Crippen LogP contribution in [0.2, 0.25) is 0 Å². The lowest BCUT2D eigenvalue weighted by Gasteiger charge is -2.05. The summed E-state index contributed by atoms with van der Waals surface area (Å²) in [6.07, 6.45) is 4.78. The van der Waals surface area contributed by atoms with Crippen LogP contribution in [-0.4, -0.2) is 18.7 Å². The molecule has 2 rings (SSSR count). The van der Waals surface area contributed by atoms with Crippen LogP contribution < -0.4 is 10.2 Å². The van der Waals surface area contributed by atoms with Crippen LogP contribution in [0.1, 0.15) is 23.6 Å². The van der Waals surface area contributed by atoms with Gasteiger partial charge in [-0.15, -0.1) is 0 Å². The second kappa shape index (κ2) is 8.54. The third-order valence-electron chi connectivity index (χ3n) is 3.10. The molecule has 2 aromatic rings. The van der Waals surface area contributed by atoms with Gasteiger partial charge in [-0.25, -0.2) is 5.43 Å². The Bertz CT molecular complexity index is 704. The van der Waals surface area contributed by atoms with E-state index in [0.29, 0.717) is 6.61 Å². The molecule has 1 N–H and O–H groups in total. The van der Waals surface area contributed by atoms with Crippen molar-refractivity contribution in [1.29, 1.82) is 0 Å². The van der Waals surface area contributed by atoms with Crippen molar-refractivity contribution in [3.8, 4) is 5.75 Å². The lowest BCUT2D eigenvalue weighted by Crippen LogP contribution is -2.14. The zero-order chi connectivity index (χ0) is 16.5. The van der Waals surface area contributed by atoms with Crippen molar-refractivity contribution in [1.82, 2.24) is 5.43 Å². The van der Waals surface area contributed by atoms with E-state index < -0.39 is 0 Å². The molecule has 0 fully saturated rings. The number of amides is 1. The largest absolute Gasteiger partial charge is 0.493 e. The number of nitrogens with zero attached hydrogens (tertiary/aromatic N) is 1. The number of rotatable bonds is 6. The molecule has 118 valence electrons. The zero-order valence-electron chi connectivity index (χ0n) is 13.3. The summed E-state index contributed by atoms with van der Waals surface area (Å²) in [6.45, 7) is 4.52. The molecule has 0 aromatic heterocycles. The maximum atomic E-state index is 11.7. The van der Waals surface area contributed by atoms with Gasteiger partial charge in [0.1, 0.15) is 5.75 Å². The van der Waals surface area contributed by atoms with Crippen molar-refractivity contribution in [3.05, 3.63) is 71.3 Å². The molecule has 0 aliphatic heterocycles. The van der Waals surface area contributed by atoms with Crippen molar-refractivity contribution in [2.45, 2.75) is 13.8 Å². The third kappa shape index (κ3) is 5.43. The molecule has 0 unspecified atom stereocenters. The first-order valence-corrected chi connectivity index (χ1v) is 7.48. The molecule has 4 heteroatoms. The smallest absolute Gasteiger partial charge is 0.264 e.